The van der Waals surface area contributed by atoms with E-state index in [2.05, 4.69) is 20.9 Å². The molecule has 0 aliphatic carbocycles. The molecule has 0 atom stereocenters. The number of para-hydroxylation sites is 2. The number of aromatic nitrogens is 3. The summed E-state index contributed by atoms with van der Waals surface area (Å²) >= 11 is 9.79. The van der Waals surface area contributed by atoms with Crippen LogP contribution >= 0.6 is 27.5 Å². The summed E-state index contributed by atoms with van der Waals surface area (Å²) < 4.78 is 2.99. The molecule has 0 radical (unpaired) electrons. The van der Waals surface area contributed by atoms with Gasteiger partial charge in [-0.25, -0.2) is 9.97 Å². The van der Waals surface area contributed by atoms with Crippen LogP contribution in [0.4, 0.5) is 0 Å². The molecule has 0 saturated heterocycles. The second kappa shape index (κ2) is 5.80. The first-order valence-electron chi connectivity index (χ1n) is 7.08. The molecule has 2 aromatic heterocycles. The Morgan fingerprint density at radius 1 is 0.957 bits per heavy atom. The lowest BCUT2D eigenvalue weighted by atomic mass is 10.2. The van der Waals surface area contributed by atoms with E-state index < -0.39 is 0 Å². The quantitative estimate of drug-likeness (QED) is 0.456. The van der Waals surface area contributed by atoms with E-state index in [0.717, 1.165) is 32.7 Å². The van der Waals surface area contributed by atoms with Crippen LogP contribution in [0, 0.1) is 0 Å². The Labute approximate surface area is 146 Å². The summed E-state index contributed by atoms with van der Waals surface area (Å²) in [5, 5.41) is 0.669. The van der Waals surface area contributed by atoms with E-state index in [4.69, 9.17) is 16.6 Å². The number of pyridine rings is 1. The van der Waals surface area contributed by atoms with Crippen molar-refractivity contribution in [3.8, 4) is 17.2 Å². The van der Waals surface area contributed by atoms with Gasteiger partial charge in [-0.15, -0.1) is 0 Å². The summed E-state index contributed by atoms with van der Waals surface area (Å²) in [5.74, 6) is 1.63. The first-order valence-corrected chi connectivity index (χ1v) is 8.25. The van der Waals surface area contributed by atoms with Crippen molar-refractivity contribution in [2.24, 2.45) is 0 Å². The molecular weight excluding hydrogens is 374 g/mol. The van der Waals surface area contributed by atoms with Crippen LogP contribution in [0.15, 0.2) is 71.3 Å². The van der Waals surface area contributed by atoms with Gasteiger partial charge < -0.3 is 0 Å². The Kier molecular flexibility index (Phi) is 3.63. The maximum absolute atomic E-state index is 6.19. The van der Waals surface area contributed by atoms with Crippen molar-refractivity contribution in [1.82, 2.24) is 14.5 Å². The highest BCUT2D eigenvalue weighted by Gasteiger charge is 2.17. The van der Waals surface area contributed by atoms with E-state index >= 15 is 0 Å². The highest BCUT2D eigenvalue weighted by molar-refractivity contribution is 9.10. The molecule has 0 aliphatic heterocycles. The third-order valence-corrected chi connectivity index (χ3v) is 4.54. The fourth-order valence-corrected chi connectivity index (χ4v) is 3.19. The minimum Gasteiger partial charge on any atom is -0.276 e. The smallest absolute Gasteiger partial charge is 0.148 e. The average molecular weight is 385 g/mol. The van der Waals surface area contributed by atoms with Crippen LogP contribution in [-0.2, 0) is 0 Å². The van der Waals surface area contributed by atoms with E-state index in [1.807, 2.05) is 65.2 Å². The Morgan fingerprint density at radius 3 is 2.61 bits per heavy atom. The molecule has 0 N–H and O–H groups in total. The monoisotopic (exact) mass is 383 g/mol. The molecule has 4 aromatic rings. The number of halogens is 2. The van der Waals surface area contributed by atoms with Crippen LogP contribution in [0.2, 0.25) is 5.02 Å². The standard InChI is InChI=1S/C18H11BrClN3/c19-14-9-8-12(20)11-13(14)18-22-15-5-1-2-6-16(15)23(18)17-7-3-4-10-21-17/h1-11H. The molecule has 0 aliphatic rings. The molecule has 5 heteroatoms. The van der Waals surface area contributed by atoms with E-state index in [1.165, 1.54) is 0 Å². The first-order chi connectivity index (χ1) is 11.2. The molecule has 0 unspecified atom stereocenters. The van der Waals surface area contributed by atoms with Crippen molar-refractivity contribution in [3.63, 3.8) is 0 Å². The zero-order chi connectivity index (χ0) is 15.8. The minimum atomic E-state index is 0.669. The third kappa shape index (κ3) is 2.54. The molecular formula is C18H11BrClN3. The molecule has 0 fully saturated rings. The predicted molar refractivity (Wildman–Crippen MR) is 97.0 cm³/mol. The molecule has 0 amide bonds. The summed E-state index contributed by atoms with van der Waals surface area (Å²) in [6.07, 6.45) is 1.78. The van der Waals surface area contributed by atoms with E-state index in [1.54, 1.807) is 6.20 Å². The van der Waals surface area contributed by atoms with E-state index in [9.17, 15) is 0 Å². The second-order valence-electron chi connectivity index (χ2n) is 5.07. The summed E-state index contributed by atoms with van der Waals surface area (Å²) in [5.41, 5.74) is 2.85. The number of imidazole rings is 1. The van der Waals surface area contributed by atoms with Gasteiger partial charge in [-0.3, -0.25) is 4.57 Å². The van der Waals surface area contributed by atoms with Crippen LogP contribution in [0.5, 0.6) is 0 Å². The van der Waals surface area contributed by atoms with Crippen molar-refractivity contribution in [2.45, 2.75) is 0 Å². The van der Waals surface area contributed by atoms with Crippen molar-refractivity contribution < 1.29 is 0 Å². The van der Waals surface area contributed by atoms with Crippen LogP contribution in [-0.4, -0.2) is 14.5 Å². The van der Waals surface area contributed by atoms with Gasteiger partial charge in [0.05, 0.1) is 11.0 Å². The van der Waals surface area contributed by atoms with Crippen molar-refractivity contribution in [1.29, 1.82) is 0 Å². The summed E-state index contributed by atoms with van der Waals surface area (Å²) in [4.78, 5) is 9.28. The van der Waals surface area contributed by atoms with Crippen molar-refractivity contribution in [3.05, 3.63) is 76.4 Å². The highest BCUT2D eigenvalue weighted by Crippen LogP contribution is 2.34. The maximum atomic E-state index is 6.19. The number of benzene rings is 2. The summed E-state index contributed by atoms with van der Waals surface area (Å²) in [7, 11) is 0. The molecule has 4 rings (SSSR count). The molecule has 112 valence electrons. The van der Waals surface area contributed by atoms with Gasteiger partial charge in [0.1, 0.15) is 11.6 Å². The molecule has 2 aromatic carbocycles. The van der Waals surface area contributed by atoms with Crippen molar-refractivity contribution >= 4 is 38.6 Å². The predicted octanol–water partition coefficient (Wildman–Crippen LogP) is 5.50. The van der Waals surface area contributed by atoms with E-state index in [0.29, 0.717) is 5.02 Å². The fraction of sp³-hybridized carbons (Fsp3) is 0. The van der Waals surface area contributed by atoms with Gasteiger partial charge >= 0.3 is 0 Å². The largest absolute Gasteiger partial charge is 0.276 e. The molecule has 0 saturated carbocycles. The number of hydrogen-bond donors (Lipinski definition) is 0. The number of rotatable bonds is 2. The minimum absolute atomic E-state index is 0.669. The lowest BCUT2D eigenvalue weighted by molar-refractivity contribution is 1.03. The lowest BCUT2D eigenvalue weighted by Crippen LogP contribution is -2.00. The van der Waals surface area contributed by atoms with Gasteiger partial charge in [0.15, 0.2) is 0 Å². The van der Waals surface area contributed by atoms with Gasteiger partial charge in [-0.1, -0.05) is 45.7 Å². The van der Waals surface area contributed by atoms with Gasteiger partial charge in [0.25, 0.3) is 0 Å². The summed E-state index contributed by atoms with van der Waals surface area (Å²) in [6, 6.07) is 19.5. The Hall–Kier alpha value is -2.17. The van der Waals surface area contributed by atoms with Gasteiger partial charge in [0, 0.05) is 21.3 Å². The Morgan fingerprint density at radius 2 is 1.78 bits per heavy atom. The zero-order valence-electron chi connectivity index (χ0n) is 11.9. The first kappa shape index (κ1) is 14.4. The molecule has 23 heavy (non-hydrogen) atoms. The SMILES string of the molecule is Clc1ccc(Br)c(-c2nc3ccccc3n2-c2ccccn2)c1. The van der Waals surface area contributed by atoms with Crippen LogP contribution < -0.4 is 0 Å². The van der Waals surface area contributed by atoms with Gasteiger partial charge in [0.2, 0.25) is 0 Å². The second-order valence-corrected chi connectivity index (χ2v) is 6.36. The molecule has 0 spiro atoms. The summed E-state index contributed by atoms with van der Waals surface area (Å²) in [6.45, 7) is 0. The number of nitrogens with zero attached hydrogens (tertiary/aromatic N) is 3. The fourth-order valence-electron chi connectivity index (χ4n) is 2.59. The van der Waals surface area contributed by atoms with Crippen LogP contribution in [0.3, 0.4) is 0 Å². The molecule has 3 nitrogen and oxygen atoms in total. The topological polar surface area (TPSA) is 30.7 Å². The van der Waals surface area contributed by atoms with E-state index in [-0.39, 0.29) is 0 Å². The highest BCUT2D eigenvalue weighted by atomic mass is 79.9. The van der Waals surface area contributed by atoms with Crippen LogP contribution in [0.25, 0.3) is 28.2 Å². The Balaban J connectivity index is 2.09. The normalized spacial score (nSPS) is 11.0. The number of fused-ring (bicyclic) bond motifs is 1. The molecule has 0 bridgehead atoms. The Bertz CT molecular complexity index is 996. The number of hydrogen-bond acceptors (Lipinski definition) is 2. The van der Waals surface area contributed by atoms with Crippen LogP contribution in [0.1, 0.15) is 0 Å². The third-order valence-electron chi connectivity index (χ3n) is 3.61. The average Bonchev–Trinajstić information content (AvgIpc) is 2.97. The van der Waals surface area contributed by atoms with Crippen molar-refractivity contribution in [2.75, 3.05) is 0 Å². The van der Waals surface area contributed by atoms with Gasteiger partial charge in [-0.05, 0) is 42.5 Å². The lowest BCUT2D eigenvalue weighted by Gasteiger charge is -2.10. The zero-order valence-corrected chi connectivity index (χ0v) is 14.3. The molecule has 2 heterocycles. The van der Waals surface area contributed by atoms with Gasteiger partial charge in [-0.2, -0.15) is 0 Å². The maximum Gasteiger partial charge on any atom is 0.148 e.